The highest BCUT2D eigenvalue weighted by molar-refractivity contribution is 5.02. The monoisotopic (exact) mass is 288 g/mol. The van der Waals surface area contributed by atoms with Crippen LogP contribution in [-0.4, -0.2) is 75.8 Å². The van der Waals surface area contributed by atoms with E-state index in [9.17, 15) is 5.11 Å². The first-order valence-corrected chi connectivity index (χ1v) is 7.78. The third-order valence-electron chi connectivity index (χ3n) is 4.11. The summed E-state index contributed by atoms with van der Waals surface area (Å²) in [4.78, 5) is 2.39. The van der Waals surface area contributed by atoms with Crippen molar-refractivity contribution >= 4 is 0 Å². The Morgan fingerprint density at radius 2 is 1.90 bits per heavy atom. The third kappa shape index (κ3) is 5.66. The summed E-state index contributed by atoms with van der Waals surface area (Å²) >= 11 is 0. The van der Waals surface area contributed by atoms with Crippen LogP contribution in [0.3, 0.4) is 0 Å². The Morgan fingerprint density at radius 3 is 2.40 bits per heavy atom. The van der Waals surface area contributed by atoms with Gasteiger partial charge in [0.2, 0.25) is 0 Å². The molecule has 0 amide bonds. The van der Waals surface area contributed by atoms with Crippen molar-refractivity contribution in [2.45, 2.75) is 31.7 Å². The van der Waals surface area contributed by atoms with Gasteiger partial charge in [-0.15, -0.1) is 0 Å². The van der Waals surface area contributed by atoms with Crippen LogP contribution in [0.2, 0.25) is 0 Å². The minimum absolute atomic E-state index is 0.143. The predicted molar refractivity (Wildman–Crippen MR) is 81.0 cm³/mol. The number of nitrogens with zero attached hydrogens (tertiary/aromatic N) is 1. The highest BCUT2D eigenvalue weighted by Crippen LogP contribution is 2.40. The molecule has 120 valence electrons. The molecule has 1 unspecified atom stereocenters. The van der Waals surface area contributed by atoms with Crippen molar-refractivity contribution in [2.24, 2.45) is 5.92 Å². The molecule has 0 spiro atoms. The van der Waals surface area contributed by atoms with Gasteiger partial charge in [0.25, 0.3) is 0 Å². The van der Waals surface area contributed by atoms with Crippen molar-refractivity contribution in [1.82, 2.24) is 10.2 Å². The molecule has 5 heteroatoms. The highest BCUT2D eigenvalue weighted by Gasteiger charge is 2.45. The summed E-state index contributed by atoms with van der Waals surface area (Å²) in [6.07, 6.45) is 3.46. The molecule has 1 atom stereocenters. The summed E-state index contributed by atoms with van der Waals surface area (Å²) in [7, 11) is 3.47. The number of ether oxygens (including phenoxy) is 2. The Hall–Kier alpha value is -0.200. The van der Waals surface area contributed by atoms with Gasteiger partial charge >= 0.3 is 0 Å². The summed E-state index contributed by atoms with van der Waals surface area (Å²) < 4.78 is 10.3. The average Bonchev–Trinajstić information content (AvgIpc) is 3.29. The number of aliphatic hydroxyl groups excluding tert-OH is 1. The Bertz CT molecular complexity index is 249. The molecule has 0 aromatic carbocycles. The number of likely N-dealkylation sites (N-methyl/N-ethyl adjacent to an activating group) is 1. The third-order valence-corrected chi connectivity index (χ3v) is 4.11. The molecule has 1 fully saturated rings. The van der Waals surface area contributed by atoms with Gasteiger partial charge in [-0.3, -0.25) is 4.90 Å². The average molecular weight is 288 g/mol. The fourth-order valence-corrected chi connectivity index (χ4v) is 2.87. The zero-order chi connectivity index (χ0) is 14.8. The first-order valence-electron chi connectivity index (χ1n) is 7.78. The number of rotatable bonds is 13. The van der Waals surface area contributed by atoms with E-state index in [1.165, 1.54) is 12.8 Å². The maximum Gasteiger partial charge on any atom is 0.0628 e. The van der Waals surface area contributed by atoms with Crippen molar-refractivity contribution in [2.75, 3.05) is 60.2 Å². The van der Waals surface area contributed by atoms with E-state index < -0.39 is 0 Å². The van der Waals surface area contributed by atoms with E-state index in [0.29, 0.717) is 5.92 Å². The first-order chi connectivity index (χ1) is 9.72. The highest BCUT2D eigenvalue weighted by atomic mass is 16.5. The second-order valence-corrected chi connectivity index (χ2v) is 5.73. The van der Waals surface area contributed by atoms with E-state index in [0.717, 1.165) is 45.8 Å². The zero-order valence-electron chi connectivity index (χ0n) is 13.4. The van der Waals surface area contributed by atoms with Crippen molar-refractivity contribution in [3.63, 3.8) is 0 Å². The lowest BCUT2D eigenvalue weighted by Gasteiger charge is -2.38. The largest absolute Gasteiger partial charge is 0.394 e. The Kier molecular flexibility index (Phi) is 8.64. The molecule has 1 aliphatic carbocycles. The Balaban J connectivity index is 2.57. The topological polar surface area (TPSA) is 54.0 Å². The normalized spacial score (nSPS) is 18.4. The zero-order valence-corrected chi connectivity index (χ0v) is 13.4. The van der Waals surface area contributed by atoms with E-state index >= 15 is 0 Å². The molecule has 1 rings (SSSR count). The smallest absolute Gasteiger partial charge is 0.0628 e. The molecule has 5 nitrogen and oxygen atoms in total. The number of hydrogen-bond donors (Lipinski definition) is 2. The lowest BCUT2D eigenvalue weighted by molar-refractivity contribution is 0.0694. The summed E-state index contributed by atoms with van der Waals surface area (Å²) in [6.45, 7) is 7.49. The molecule has 0 heterocycles. The van der Waals surface area contributed by atoms with Crippen molar-refractivity contribution in [3.8, 4) is 0 Å². The summed E-state index contributed by atoms with van der Waals surface area (Å²) in [5.41, 5.74) is -0.143. The number of nitrogens with one attached hydrogen (secondary N) is 1. The second kappa shape index (κ2) is 9.68. The second-order valence-electron chi connectivity index (χ2n) is 5.73. The minimum Gasteiger partial charge on any atom is -0.394 e. The van der Waals surface area contributed by atoms with Gasteiger partial charge in [0.1, 0.15) is 0 Å². The summed E-state index contributed by atoms with van der Waals surface area (Å²) in [5.74, 6) is 0.611. The van der Waals surface area contributed by atoms with Crippen molar-refractivity contribution in [3.05, 3.63) is 0 Å². The van der Waals surface area contributed by atoms with Gasteiger partial charge in [-0.25, -0.2) is 0 Å². The Labute approximate surface area is 123 Å². The fourth-order valence-electron chi connectivity index (χ4n) is 2.87. The van der Waals surface area contributed by atoms with Crippen LogP contribution in [0.4, 0.5) is 0 Å². The molecule has 1 saturated carbocycles. The molecule has 0 aromatic rings. The predicted octanol–water partition coefficient (Wildman–Crippen LogP) is 0.722. The maximum atomic E-state index is 9.92. The first kappa shape index (κ1) is 17.9. The van der Waals surface area contributed by atoms with Crippen LogP contribution >= 0.6 is 0 Å². The molecule has 0 radical (unpaired) electrons. The van der Waals surface area contributed by atoms with E-state index in [2.05, 4.69) is 17.1 Å². The van der Waals surface area contributed by atoms with E-state index in [1.807, 2.05) is 0 Å². The maximum absolute atomic E-state index is 9.92. The molecule has 0 saturated heterocycles. The van der Waals surface area contributed by atoms with Crippen LogP contribution in [0.1, 0.15) is 26.2 Å². The van der Waals surface area contributed by atoms with Crippen LogP contribution in [0.15, 0.2) is 0 Å². The van der Waals surface area contributed by atoms with E-state index in [-0.39, 0.29) is 12.1 Å². The molecule has 0 bridgehead atoms. The van der Waals surface area contributed by atoms with Crippen LogP contribution in [0.25, 0.3) is 0 Å². The summed E-state index contributed by atoms with van der Waals surface area (Å²) in [6, 6.07) is 0. The molecular formula is C15H32N2O3. The fraction of sp³-hybridized carbons (Fsp3) is 1.00. The van der Waals surface area contributed by atoms with Gasteiger partial charge in [-0.2, -0.15) is 0 Å². The van der Waals surface area contributed by atoms with Crippen LogP contribution in [-0.2, 0) is 9.47 Å². The molecule has 0 aromatic heterocycles. The van der Waals surface area contributed by atoms with Crippen molar-refractivity contribution < 1.29 is 14.6 Å². The molecule has 20 heavy (non-hydrogen) atoms. The van der Waals surface area contributed by atoms with Gasteiger partial charge < -0.3 is 19.9 Å². The minimum atomic E-state index is -0.143. The van der Waals surface area contributed by atoms with Crippen LogP contribution < -0.4 is 5.32 Å². The molecule has 0 aliphatic heterocycles. The van der Waals surface area contributed by atoms with Crippen LogP contribution in [0.5, 0.6) is 0 Å². The molecule has 2 N–H and O–H groups in total. The number of methoxy groups -OCH3 is 2. The van der Waals surface area contributed by atoms with E-state index in [4.69, 9.17) is 9.47 Å². The number of aliphatic hydroxyl groups is 1. The summed E-state index contributed by atoms with van der Waals surface area (Å²) in [5, 5.41) is 13.5. The van der Waals surface area contributed by atoms with Crippen LogP contribution in [0, 0.1) is 5.92 Å². The molecular weight excluding hydrogens is 256 g/mol. The quantitative estimate of drug-likeness (QED) is 0.489. The van der Waals surface area contributed by atoms with Gasteiger partial charge in [-0.1, -0.05) is 6.92 Å². The standard InChI is InChI=1S/C15H32N2O3/c1-4-16-15(13-18,14-6-7-14)12-17(9-11-20-3)8-5-10-19-2/h14,16,18H,4-13H2,1-3H3. The Morgan fingerprint density at radius 1 is 1.20 bits per heavy atom. The lowest BCUT2D eigenvalue weighted by atomic mass is 9.93. The SMILES string of the molecule is CCNC(CO)(CN(CCCOC)CCOC)C1CC1. The van der Waals surface area contributed by atoms with Gasteiger partial charge in [0.05, 0.1) is 18.8 Å². The van der Waals surface area contributed by atoms with E-state index in [1.54, 1.807) is 14.2 Å². The molecule has 1 aliphatic rings. The van der Waals surface area contributed by atoms with Crippen molar-refractivity contribution in [1.29, 1.82) is 0 Å². The number of hydrogen-bond acceptors (Lipinski definition) is 5. The van der Waals surface area contributed by atoms with Gasteiger partial charge in [-0.05, 0) is 31.7 Å². The lowest BCUT2D eigenvalue weighted by Crippen LogP contribution is -2.58. The van der Waals surface area contributed by atoms with Gasteiger partial charge in [0, 0.05) is 40.5 Å². The van der Waals surface area contributed by atoms with Gasteiger partial charge in [0.15, 0.2) is 0 Å².